The molecule has 0 fully saturated rings. The molecule has 0 aliphatic carbocycles. The van der Waals surface area contributed by atoms with Gasteiger partial charge in [-0.1, -0.05) is 12.1 Å². The summed E-state index contributed by atoms with van der Waals surface area (Å²) in [5.74, 6) is -0.422. The van der Waals surface area contributed by atoms with Gasteiger partial charge in [0.1, 0.15) is 5.69 Å². The number of halogens is 4. The molecular formula is C15H17ClF3N3OS. The lowest BCUT2D eigenvalue weighted by molar-refractivity contribution is -0.137. The van der Waals surface area contributed by atoms with Gasteiger partial charge < -0.3 is 11.1 Å². The van der Waals surface area contributed by atoms with E-state index in [2.05, 4.69) is 10.3 Å². The molecule has 1 amide bonds. The smallest absolute Gasteiger partial charge is 0.344 e. The van der Waals surface area contributed by atoms with E-state index in [0.29, 0.717) is 18.5 Å². The Morgan fingerprint density at radius 3 is 2.75 bits per heavy atom. The molecule has 0 saturated heterocycles. The van der Waals surface area contributed by atoms with Crippen LogP contribution < -0.4 is 11.1 Å². The standard InChI is InChI=1S/C15H16F3N3OS.ClH/c1-9(10-3-2-4-11(7-10)15(16,17)18)20-14(22)12-8-23-13(21-12)5-6-19;/h2-4,7-9H,5-6,19H2,1H3,(H,20,22);1H. The van der Waals surface area contributed by atoms with Crippen molar-refractivity contribution in [2.24, 2.45) is 5.73 Å². The summed E-state index contributed by atoms with van der Waals surface area (Å²) in [5.41, 5.74) is 5.31. The minimum absolute atomic E-state index is 0. The van der Waals surface area contributed by atoms with Gasteiger partial charge in [-0.3, -0.25) is 4.79 Å². The van der Waals surface area contributed by atoms with Crippen molar-refractivity contribution < 1.29 is 18.0 Å². The zero-order valence-corrected chi connectivity index (χ0v) is 14.4. The van der Waals surface area contributed by atoms with Gasteiger partial charge in [-0.05, 0) is 31.2 Å². The third-order valence-electron chi connectivity index (χ3n) is 3.20. The van der Waals surface area contributed by atoms with Crippen molar-refractivity contribution in [3.63, 3.8) is 0 Å². The van der Waals surface area contributed by atoms with Gasteiger partial charge in [-0.25, -0.2) is 4.98 Å². The largest absolute Gasteiger partial charge is 0.416 e. The molecule has 9 heteroatoms. The third kappa shape index (κ3) is 5.19. The first-order chi connectivity index (χ1) is 10.8. The fourth-order valence-electron chi connectivity index (χ4n) is 1.99. The van der Waals surface area contributed by atoms with Crippen molar-refractivity contribution >= 4 is 29.7 Å². The molecule has 2 aromatic rings. The molecule has 1 atom stereocenters. The van der Waals surface area contributed by atoms with E-state index in [1.54, 1.807) is 18.4 Å². The van der Waals surface area contributed by atoms with Crippen LogP contribution in [0, 0.1) is 0 Å². The molecule has 0 aliphatic rings. The summed E-state index contributed by atoms with van der Waals surface area (Å²) in [4.78, 5) is 16.3. The van der Waals surface area contributed by atoms with Crippen molar-refractivity contribution in [2.75, 3.05) is 6.54 Å². The molecule has 1 aromatic carbocycles. The number of amides is 1. The van der Waals surface area contributed by atoms with E-state index in [-0.39, 0.29) is 18.1 Å². The Bertz CT molecular complexity index is 691. The predicted octanol–water partition coefficient (Wildman–Crippen LogP) is 3.58. The highest BCUT2D eigenvalue weighted by atomic mass is 35.5. The molecule has 2 rings (SSSR count). The number of nitrogens with one attached hydrogen (secondary N) is 1. The van der Waals surface area contributed by atoms with Crippen molar-refractivity contribution in [3.8, 4) is 0 Å². The van der Waals surface area contributed by atoms with Crippen LogP contribution in [0.5, 0.6) is 0 Å². The average molecular weight is 380 g/mol. The maximum Gasteiger partial charge on any atom is 0.416 e. The van der Waals surface area contributed by atoms with Crippen LogP contribution in [0.4, 0.5) is 13.2 Å². The van der Waals surface area contributed by atoms with Crippen LogP contribution in [0.25, 0.3) is 0 Å². The Labute approximate surface area is 147 Å². The fraction of sp³-hybridized carbons (Fsp3) is 0.333. The maximum atomic E-state index is 12.7. The summed E-state index contributed by atoms with van der Waals surface area (Å²) in [5, 5.41) is 5.02. The quantitative estimate of drug-likeness (QED) is 0.834. The molecule has 0 saturated carbocycles. The highest BCUT2D eigenvalue weighted by Crippen LogP contribution is 2.30. The van der Waals surface area contributed by atoms with Crippen LogP contribution in [-0.2, 0) is 12.6 Å². The highest BCUT2D eigenvalue weighted by Gasteiger charge is 2.30. The number of nitrogens with two attached hydrogens (primary N) is 1. The van der Waals surface area contributed by atoms with Gasteiger partial charge in [0.15, 0.2) is 0 Å². The number of nitrogens with zero attached hydrogens (tertiary/aromatic N) is 1. The first kappa shape index (κ1) is 20.4. The van der Waals surface area contributed by atoms with Gasteiger partial charge in [-0.2, -0.15) is 13.2 Å². The van der Waals surface area contributed by atoms with E-state index in [1.165, 1.54) is 17.4 Å². The second kappa shape index (κ2) is 8.46. The Hall–Kier alpha value is -1.64. The summed E-state index contributed by atoms with van der Waals surface area (Å²) in [7, 11) is 0. The van der Waals surface area contributed by atoms with Crippen molar-refractivity contribution in [1.82, 2.24) is 10.3 Å². The Kier molecular flexibility index (Phi) is 7.19. The van der Waals surface area contributed by atoms with Gasteiger partial charge >= 0.3 is 6.18 Å². The normalized spacial score (nSPS) is 12.4. The van der Waals surface area contributed by atoms with E-state index in [1.807, 2.05) is 0 Å². The Morgan fingerprint density at radius 1 is 1.42 bits per heavy atom. The minimum Gasteiger partial charge on any atom is -0.344 e. The van der Waals surface area contributed by atoms with Gasteiger partial charge in [0.2, 0.25) is 0 Å². The van der Waals surface area contributed by atoms with Crippen molar-refractivity contribution in [1.29, 1.82) is 0 Å². The number of carbonyl (C=O) groups excluding carboxylic acids is 1. The zero-order valence-electron chi connectivity index (χ0n) is 12.8. The fourth-order valence-corrected chi connectivity index (χ4v) is 2.79. The monoisotopic (exact) mass is 379 g/mol. The first-order valence-corrected chi connectivity index (χ1v) is 7.81. The third-order valence-corrected chi connectivity index (χ3v) is 4.11. The SMILES string of the molecule is CC(NC(=O)c1csc(CCN)n1)c1cccc(C(F)(F)F)c1.Cl. The summed E-state index contributed by atoms with van der Waals surface area (Å²) in [6.45, 7) is 2.07. The Balaban J connectivity index is 0.00000288. The van der Waals surface area contributed by atoms with E-state index in [0.717, 1.165) is 17.1 Å². The van der Waals surface area contributed by atoms with E-state index in [4.69, 9.17) is 5.73 Å². The Morgan fingerprint density at radius 2 is 2.12 bits per heavy atom. The van der Waals surface area contributed by atoms with Crippen LogP contribution in [0.2, 0.25) is 0 Å². The van der Waals surface area contributed by atoms with Crippen LogP contribution in [0.3, 0.4) is 0 Å². The van der Waals surface area contributed by atoms with Crippen LogP contribution in [0.1, 0.15) is 39.6 Å². The molecule has 4 nitrogen and oxygen atoms in total. The second-order valence-corrected chi connectivity index (χ2v) is 5.93. The highest BCUT2D eigenvalue weighted by molar-refractivity contribution is 7.09. The summed E-state index contributed by atoms with van der Waals surface area (Å²) >= 11 is 1.33. The zero-order chi connectivity index (χ0) is 17.0. The number of benzene rings is 1. The lowest BCUT2D eigenvalue weighted by atomic mass is 10.0. The number of aromatic nitrogens is 1. The molecule has 1 unspecified atom stereocenters. The predicted molar refractivity (Wildman–Crippen MR) is 89.4 cm³/mol. The molecule has 132 valence electrons. The van der Waals surface area contributed by atoms with Crippen LogP contribution in [-0.4, -0.2) is 17.4 Å². The van der Waals surface area contributed by atoms with Crippen LogP contribution >= 0.6 is 23.7 Å². The van der Waals surface area contributed by atoms with Gasteiger partial charge in [-0.15, -0.1) is 23.7 Å². The molecule has 0 radical (unpaired) electrons. The van der Waals surface area contributed by atoms with E-state index in [9.17, 15) is 18.0 Å². The number of hydrogen-bond donors (Lipinski definition) is 2. The molecule has 1 heterocycles. The lowest BCUT2D eigenvalue weighted by Gasteiger charge is -2.15. The summed E-state index contributed by atoms with van der Waals surface area (Å²) in [6, 6.07) is 4.33. The lowest BCUT2D eigenvalue weighted by Crippen LogP contribution is -2.27. The maximum absolute atomic E-state index is 12.7. The summed E-state index contributed by atoms with van der Waals surface area (Å²) < 4.78 is 38.2. The number of hydrogen-bond acceptors (Lipinski definition) is 4. The average Bonchev–Trinajstić information content (AvgIpc) is 2.95. The van der Waals surface area contributed by atoms with Crippen molar-refractivity contribution in [3.05, 3.63) is 51.5 Å². The van der Waals surface area contributed by atoms with Gasteiger partial charge in [0.05, 0.1) is 16.6 Å². The topological polar surface area (TPSA) is 68.0 Å². The number of carbonyl (C=O) groups is 1. The second-order valence-electron chi connectivity index (χ2n) is 4.98. The van der Waals surface area contributed by atoms with E-state index >= 15 is 0 Å². The first-order valence-electron chi connectivity index (χ1n) is 6.93. The van der Waals surface area contributed by atoms with Crippen LogP contribution in [0.15, 0.2) is 29.6 Å². The minimum atomic E-state index is -4.41. The molecule has 0 bridgehead atoms. The molecular weight excluding hydrogens is 363 g/mol. The van der Waals surface area contributed by atoms with Gasteiger partial charge in [0, 0.05) is 11.8 Å². The van der Waals surface area contributed by atoms with Crippen molar-refractivity contribution in [2.45, 2.75) is 25.6 Å². The molecule has 3 N–H and O–H groups in total. The number of rotatable bonds is 5. The molecule has 0 aliphatic heterocycles. The number of thiazole rings is 1. The molecule has 24 heavy (non-hydrogen) atoms. The van der Waals surface area contributed by atoms with Gasteiger partial charge in [0.25, 0.3) is 5.91 Å². The molecule has 0 spiro atoms. The van der Waals surface area contributed by atoms with E-state index < -0.39 is 23.7 Å². The molecule has 1 aromatic heterocycles. The number of alkyl halides is 3. The summed E-state index contributed by atoms with van der Waals surface area (Å²) in [6.07, 6.45) is -3.83.